The van der Waals surface area contributed by atoms with Crippen LogP contribution in [0.2, 0.25) is 0 Å². The number of nitriles is 2. The molecule has 0 aliphatic heterocycles. The van der Waals surface area contributed by atoms with Gasteiger partial charge in [-0.25, -0.2) is 9.78 Å². The summed E-state index contributed by atoms with van der Waals surface area (Å²) in [5.41, 5.74) is 13.3. The van der Waals surface area contributed by atoms with Crippen LogP contribution in [0.3, 0.4) is 0 Å². The number of likely N-dealkylation sites (N-methyl/N-ethyl adjacent to an activating group) is 1. The van der Waals surface area contributed by atoms with Gasteiger partial charge in [-0.15, -0.1) is 0 Å². The Kier molecular flexibility index (Phi) is 11.0. The quantitative estimate of drug-likeness (QED) is 0.454. The molecule has 1 atom stereocenters. The second kappa shape index (κ2) is 13.2. The first-order valence-electron chi connectivity index (χ1n) is 10.0. The normalized spacial score (nSPS) is 11.3. The Morgan fingerprint density at radius 1 is 1.20 bits per heavy atom. The number of hydrogen-bond donors (Lipinski definition) is 3. The fourth-order valence-electron chi connectivity index (χ4n) is 2.87. The number of benzene rings is 1. The smallest absolute Gasteiger partial charge is 0.475 e. The van der Waals surface area contributed by atoms with Gasteiger partial charge in [0.25, 0.3) is 0 Å². The van der Waals surface area contributed by atoms with Crippen LogP contribution >= 0.6 is 11.8 Å². The Morgan fingerprint density at radius 2 is 1.74 bits per heavy atom. The summed E-state index contributed by atoms with van der Waals surface area (Å²) in [6, 6.07) is 13.4. The molecule has 2 rings (SSSR count). The molecule has 0 aliphatic rings. The van der Waals surface area contributed by atoms with Gasteiger partial charge in [-0.1, -0.05) is 49.0 Å². The van der Waals surface area contributed by atoms with Gasteiger partial charge in [-0.05, 0) is 17.5 Å². The second-order valence-electron chi connectivity index (χ2n) is 6.87. The molecule has 13 heteroatoms. The van der Waals surface area contributed by atoms with Crippen LogP contribution in [0.4, 0.5) is 19.0 Å². The van der Waals surface area contributed by atoms with Crippen LogP contribution in [0.1, 0.15) is 34.4 Å². The summed E-state index contributed by atoms with van der Waals surface area (Å²) in [5, 5.41) is 26.2. The predicted octanol–water partition coefficient (Wildman–Crippen LogP) is 2.73. The average Bonchev–Trinajstić information content (AvgIpc) is 2.81. The van der Waals surface area contributed by atoms with Gasteiger partial charge in [0.2, 0.25) is 5.91 Å². The number of carboxylic acids is 1. The number of alkyl halides is 3. The molecule has 1 aromatic carbocycles. The number of hydrogen-bond acceptors (Lipinski definition) is 8. The fourth-order valence-corrected chi connectivity index (χ4v) is 3.93. The van der Waals surface area contributed by atoms with Crippen molar-refractivity contribution in [3.8, 4) is 12.1 Å². The summed E-state index contributed by atoms with van der Waals surface area (Å²) in [7, 11) is 1.79. The number of thioether (sulfide) groups is 1. The van der Waals surface area contributed by atoms with Crippen LogP contribution in [0.25, 0.3) is 0 Å². The number of aromatic nitrogens is 1. The molecule has 35 heavy (non-hydrogen) atoms. The molecule has 1 unspecified atom stereocenters. The van der Waals surface area contributed by atoms with E-state index in [9.17, 15) is 28.5 Å². The van der Waals surface area contributed by atoms with Gasteiger partial charge in [-0.3, -0.25) is 4.79 Å². The largest absolute Gasteiger partial charge is 0.490 e. The molecule has 0 radical (unpaired) electrons. The van der Waals surface area contributed by atoms with E-state index in [0.29, 0.717) is 47.0 Å². The number of rotatable bonds is 8. The van der Waals surface area contributed by atoms with E-state index < -0.39 is 23.3 Å². The highest BCUT2D eigenvalue weighted by atomic mass is 32.2. The van der Waals surface area contributed by atoms with E-state index in [4.69, 9.17) is 21.4 Å². The maximum atomic E-state index is 12.1. The lowest BCUT2D eigenvalue weighted by Crippen LogP contribution is -2.27. The van der Waals surface area contributed by atoms with Crippen LogP contribution in [-0.2, 0) is 16.0 Å². The molecule has 5 N–H and O–H groups in total. The Hall–Kier alpha value is -3.81. The lowest BCUT2D eigenvalue weighted by molar-refractivity contribution is -0.192. The zero-order valence-electron chi connectivity index (χ0n) is 18.8. The van der Waals surface area contributed by atoms with E-state index in [0.717, 1.165) is 17.3 Å². The van der Waals surface area contributed by atoms with E-state index >= 15 is 0 Å². The van der Waals surface area contributed by atoms with Crippen molar-refractivity contribution in [1.82, 2.24) is 4.98 Å². The van der Waals surface area contributed by atoms with Crippen molar-refractivity contribution in [2.75, 3.05) is 25.0 Å². The van der Waals surface area contributed by atoms with Crippen molar-refractivity contribution >= 4 is 29.5 Å². The Labute approximate surface area is 204 Å². The van der Waals surface area contributed by atoms with Gasteiger partial charge >= 0.3 is 12.1 Å². The first kappa shape index (κ1) is 29.2. The van der Waals surface area contributed by atoms with Crippen molar-refractivity contribution in [1.29, 1.82) is 10.5 Å². The van der Waals surface area contributed by atoms with Crippen molar-refractivity contribution in [2.24, 2.45) is 11.5 Å². The fraction of sp³-hybridized carbons (Fsp3) is 0.318. The zero-order valence-corrected chi connectivity index (χ0v) is 19.7. The summed E-state index contributed by atoms with van der Waals surface area (Å²) in [5.74, 6) is -2.84. The maximum absolute atomic E-state index is 12.1. The number of anilines is 1. The maximum Gasteiger partial charge on any atom is 0.490 e. The van der Waals surface area contributed by atoms with Crippen molar-refractivity contribution < 1.29 is 27.9 Å². The monoisotopic (exact) mass is 508 g/mol. The van der Waals surface area contributed by atoms with Gasteiger partial charge in [0.15, 0.2) is 0 Å². The Bertz CT molecular complexity index is 1130. The molecule has 0 spiro atoms. The molecule has 1 heterocycles. The average molecular weight is 509 g/mol. The van der Waals surface area contributed by atoms with Gasteiger partial charge in [0.05, 0.1) is 11.1 Å². The zero-order chi connectivity index (χ0) is 26.8. The molecule has 9 nitrogen and oxygen atoms in total. The molecule has 0 aliphatic carbocycles. The number of nitrogens with zero attached hydrogens (tertiary/aromatic N) is 4. The van der Waals surface area contributed by atoms with Crippen LogP contribution < -0.4 is 16.4 Å². The summed E-state index contributed by atoms with van der Waals surface area (Å²) in [6.07, 6.45) is -4.60. The number of amides is 1. The van der Waals surface area contributed by atoms with Crippen LogP contribution in [-0.4, -0.2) is 48.3 Å². The number of pyridine rings is 1. The molecule has 186 valence electrons. The number of nitrogens with two attached hydrogens (primary N) is 2. The summed E-state index contributed by atoms with van der Waals surface area (Å²) >= 11 is 1.12. The SMILES string of the molecule is CCc1c(C#N)c(SC(C(N)=O)c2ccccc2)nc(N(C)CCN)c1C#N.O=C(O)C(F)(F)F. The van der Waals surface area contributed by atoms with Crippen LogP contribution in [0.15, 0.2) is 35.4 Å². The predicted molar refractivity (Wildman–Crippen MR) is 123 cm³/mol. The molecule has 0 fully saturated rings. The molecule has 0 saturated heterocycles. The third kappa shape index (κ3) is 7.88. The number of primary amides is 1. The van der Waals surface area contributed by atoms with Gasteiger partial charge in [0.1, 0.15) is 28.2 Å². The number of carboxylic acid groups (broad SMARTS) is 1. The number of carbonyl (C=O) groups is 2. The van der Waals surface area contributed by atoms with E-state index in [2.05, 4.69) is 17.1 Å². The highest BCUT2D eigenvalue weighted by molar-refractivity contribution is 8.00. The Balaban J connectivity index is 0.000000762. The van der Waals surface area contributed by atoms with Crippen molar-refractivity contribution in [3.63, 3.8) is 0 Å². The van der Waals surface area contributed by atoms with Gasteiger partial charge < -0.3 is 21.5 Å². The van der Waals surface area contributed by atoms with Gasteiger partial charge in [-0.2, -0.15) is 23.7 Å². The first-order valence-corrected chi connectivity index (χ1v) is 10.9. The van der Waals surface area contributed by atoms with Gasteiger partial charge in [0, 0.05) is 20.1 Å². The Morgan fingerprint density at radius 3 is 2.14 bits per heavy atom. The molecule has 0 bridgehead atoms. The first-order chi connectivity index (χ1) is 16.4. The molecular formula is C22H23F3N6O3S. The third-order valence-corrected chi connectivity index (χ3v) is 5.74. The lowest BCUT2D eigenvalue weighted by Gasteiger charge is -2.23. The highest BCUT2D eigenvalue weighted by Gasteiger charge is 2.38. The number of halogens is 3. The third-order valence-electron chi connectivity index (χ3n) is 4.48. The molecule has 1 aromatic heterocycles. The lowest BCUT2D eigenvalue weighted by atomic mass is 10.0. The van der Waals surface area contributed by atoms with E-state index in [1.807, 2.05) is 25.1 Å². The number of aliphatic carboxylic acids is 1. The minimum Gasteiger partial charge on any atom is -0.475 e. The van der Waals surface area contributed by atoms with Crippen LogP contribution in [0.5, 0.6) is 0 Å². The molecular weight excluding hydrogens is 485 g/mol. The topological polar surface area (TPSA) is 170 Å². The van der Waals surface area contributed by atoms with E-state index in [1.54, 1.807) is 24.1 Å². The van der Waals surface area contributed by atoms with Crippen molar-refractivity contribution in [2.45, 2.75) is 29.8 Å². The van der Waals surface area contributed by atoms with Crippen molar-refractivity contribution in [3.05, 3.63) is 52.6 Å². The number of carbonyl (C=O) groups excluding carboxylic acids is 1. The molecule has 1 amide bonds. The minimum atomic E-state index is -5.08. The van der Waals surface area contributed by atoms with E-state index in [1.165, 1.54) is 0 Å². The minimum absolute atomic E-state index is 0.302. The molecule has 2 aromatic rings. The molecule has 0 saturated carbocycles. The highest BCUT2D eigenvalue weighted by Crippen LogP contribution is 2.39. The summed E-state index contributed by atoms with van der Waals surface area (Å²) in [6.45, 7) is 2.76. The summed E-state index contributed by atoms with van der Waals surface area (Å²) < 4.78 is 31.7. The standard InChI is InChI=1S/C20H22N6OS.C2HF3O2/c1-3-14-15(11-22)19(26(2)10-9-21)25-20(16(14)12-23)28-17(18(24)27)13-7-5-4-6-8-13;3-2(4,5)1(6)7/h4-8,17H,3,9-10,21H2,1-2H3,(H2,24,27);(H,6,7). The van der Waals surface area contributed by atoms with E-state index in [-0.39, 0.29) is 0 Å². The second-order valence-corrected chi connectivity index (χ2v) is 7.96. The van der Waals surface area contributed by atoms with Crippen LogP contribution in [0, 0.1) is 22.7 Å². The summed E-state index contributed by atoms with van der Waals surface area (Å²) in [4.78, 5) is 27.4.